The van der Waals surface area contributed by atoms with Gasteiger partial charge in [-0.05, 0) is 109 Å². The van der Waals surface area contributed by atoms with E-state index < -0.39 is 0 Å². The lowest BCUT2D eigenvalue weighted by atomic mass is 9.67. The molecule has 0 radical (unpaired) electrons. The van der Waals surface area contributed by atoms with E-state index in [4.69, 9.17) is 4.42 Å². The van der Waals surface area contributed by atoms with Crippen LogP contribution in [0.4, 0.5) is 17.1 Å². The fourth-order valence-electron chi connectivity index (χ4n) is 9.19. The van der Waals surface area contributed by atoms with Crippen LogP contribution >= 0.6 is 0 Å². The second kappa shape index (κ2) is 12.1. The maximum Gasteiger partial charge on any atom is 0.159 e. The molecule has 1 aliphatic rings. The summed E-state index contributed by atoms with van der Waals surface area (Å²) in [5.74, 6) is 0. The zero-order valence-electron chi connectivity index (χ0n) is 30.8. The number of hydrogen-bond donors (Lipinski definition) is 0. The van der Waals surface area contributed by atoms with E-state index in [1.165, 1.54) is 66.1 Å². The summed E-state index contributed by atoms with van der Waals surface area (Å²) in [4.78, 5) is 2.31. The quantitative estimate of drug-likeness (QED) is 0.177. The third-order valence-electron chi connectivity index (χ3n) is 11.9. The van der Waals surface area contributed by atoms with Crippen molar-refractivity contribution in [2.24, 2.45) is 0 Å². The molecule has 11 rings (SSSR count). The van der Waals surface area contributed by atoms with Gasteiger partial charge in [-0.2, -0.15) is 0 Å². The van der Waals surface area contributed by atoms with E-state index in [1.54, 1.807) is 0 Å². The van der Waals surface area contributed by atoms with Crippen LogP contribution in [0.2, 0.25) is 0 Å². The van der Waals surface area contributed by atoms with E-state index >= 15 is 0 Å². The number of para-hydroxylation sites is 3. The molecule has 1 aromatic heterocycles. The number of hydrogen-bond acceptors (Lipinski definition) is 2. The summed E-state index contributed by atoms with van der Waals surface area (Å²) in [5.41, 5.74) is 15.0. The van der Waals surface area contributed by atoms with Gasteiger partial charge in [-0.1, -0.05) is 159 Å². The fraction of sp³-hybridized carbons (Fsp3) is 0.0566. The van der Waals surface area contributed by atoms with Crippen molar-refractivity contribution in [2.75, 3.05) is 4.90 Å². The Bertz CT molecular complexity index is 3110. The molecule has 0 unspecified atom stereocenters. The third kappa shape index (κ3) is 4.81. The SMILES string of the molecule is CC1(C)c2cc(-c3cccc4ccccc34)ccc2-c2c(-c3ccc(N(c4ccccc4)c4cccc5c4oc4ccccc45)cc3)ccc3cccc1c23. The summed E-state index contributed by atoms with van der Waals surface area (Å²) in [6.07, 6.45) is 0. The minimum absolute atomic E-state index is 0.182. The minimum atomic E-state index is -0.182. The molecule has 260 valence electrons. The zero-order valence-corrected chi connectivity index (χ0v) is 30.8. The Kier molecular flexibility index (Phi) is 6.93. The van der Waals surface area contributed by atoms with Crippen LogP contribution in [0.3, 0.4) is 0 Å². The van der Waals surface area contributed by atoms with Gasteiger partial charge in [-0.3, -0.25) is 0 Å². The molecular formula is C53H37NO. The second-order valence-corrected chi connectivity index (χ2v) is 15.3. The van der Waals surface area contributed by atoms with Crippen LogP contribution in [0.25, 0.3) is 76.9 Å². The molecule has 10 aromatic rings. The van der Waals surface area contributed by atoms with Gasteiger partial charge in [-0.25, -0.2) is 0 Å². The first-order valence-corrected chi connectivity index (χ1v) is 19.1. The summed E-state index contributed by atoms with van der Waals surface area (Å²) < 4.78 is 6.56. The molecular weight excluding hydrogens is 667 g/mol. The van der Waals surface area contributed by atoms with Crippen LogP contribution in [-0.2, 0) is 5.41 Å². The van der Waals surface area contributed by atoms with Crippen LogP contribution < -0.4 is 4.90 Å². The van der Waals surface area contributed by atoms with Crippen LogP contribution in [0.1, 0.15) is 25.0 Å². The van der Waals surface area contributed by atoms with Gasteiger partial charge < -0.3 is 9.32 Å². The Morgan fingerprint density at radius 1 is 0.436 bits per heavy atom. The number of nitrogens with zero attached hydrogens (tertiary/aromatic N) is 1. The lowest BCUT2D eigenvalue weighted by Gasteiger charge is -2.36. The Morgan fingerprint density at radius 2 is 1.09 bits per heavy atom. The number of fused-ring (bicyclic) bond motifs is 6. The molecule has 0 N–H and O–H groups in total. The normalized spacial score (nSPS) is 13.1. The van der Waals surface area contributed by atoms with Gasteiger partial charge >= 0.3 is 0 Å². The number of benzene rings is 9. The fourth-order valence-corrected chi connectivity index (χ4v) is 9.19. The average Bonchev–Trinajstić information content (AvgIpc) is 3.63. The zero-order chi connectivity index (χ0) is 36.7. The summed E-state index contributed by atoms with van der Waals surface area (Å²) >= 11 is 0. The van der Waals surface area contributed by atoms with Crippen molar-refractivity contribution in [1.29, 1.82) is 0 Å². The standard InChI is InChI=1S/C53H37NO/c1-53(2)46-22-11-15-36-27-31-42(51(50(36)46)45-32-28-37(33-47(45)53)41-20-10-14-34-13-6-7-18-40(34)41)35-25-29-39(30-26-35)54(38-16-4-3-5-17-38)48-23-12-21-44-43-19-8-9-24-49(43)55-52(44)48/h3-33H,1-2H3. The van der Waals surface area contributed by atoms with E-state index in [0.29, 0.717) is 0 Å². The first kappa shape index (κ1) is 31.6. The molecule has 2 nitrogen and oxygen atoms in total. The highest BCUT2D eigenvalue weighted by Gasteiger charge is 2.35. The van der Waals surface area contributed by atoms with E-state index in [9.17, 15) is 0 Å². The number of rotatable bonds is 5. The molecule has 1 heterocycles. The van der Waals surface area contributed by atoms with Crippen molar-refractivity contribution in [2.45, 2.75) is 19.3 Å². The molecule has 0 saturated carbocycles. The van der Waals surface area contributed by atoms with Crippen molar-refractivity contribution in [3.63, 3.8) is 0 Å². The first-order chi connectivity index (χ1) is 27.0. The molecule has 0 saturated heterocycles. The van der Waals surface area contributed by atoms with Crippen molar-refractivity contribution >= 4 is 60.5 Å². The summed E-state index contributed by atoms with van der Waals surface area (Å²) in [6, 6.07) is 68.3. The summed E-state index contributed by atoms with van der Waals surface area (Å²) in [7, 11) is 0. The first-order valence-electron chi connectivity index (χ1n) is 19.1. The van der Waals surface area contributed by atoms with Crippen molar-refractivity contribution in [3.05, 3.63) is 199 Å². The topological polar surface area (TPSA) is 16.4 Å². The van der Waals surface area contributed by atoms with Gasteiger partial charge in [-0.15, -0.1) is 0 Å². The lowest BCUT2D eigenvalue weighted by Crippen LogP contribution is -2.24. The molecule has 0 amide bonds. The van der Waals surface area contributed by atoms with Gasteiger partial charge in [0.2, 0.25) is 0 Å². The summed E-state index contributed by atoms with van der Waals surface area (Å²) in [5, 5.41) is 7.41. The van der Waals surface area contributed by atoms with E-state index in [1.807, 2.05) is 12.1 Å². The Balaban J connectivity index is 1.08. The van der Waals surface area contributed by atoms with E-state index in [2.05, 4.69) is 195 Å². The molecule has 2 heteroatoms. The molecule has 0 aliphatic heterocycles. The summed E-state index contributed by atoms with van der Waals surface area (Å²) in [6.45, 7) is 4.78. The molecule has 0 fully saturated rings. The third-order valence-corrected chi connectivity index (χ3v) is 11.9. The molecule has 55 heavy (non-hydrogen) atoms. The molecule has 0 spiro atoms. The monoisotopic (exact) mass is 703 g/mol. The van der Waals surface area contributed by atoms with Gasteiger partial charge in [0.05, 0.1) is 5.69 Å². The van der Waals surface area contributed by atoms with Crippen molar-refractivity contribution in [3.8, 4) is 33.4 Å². The molecule has 0 bridgehead atoms. The largest absolute Gasteiger partial charge is 0.454 e. The highest BCUT2D eigenvalue weighted by molar-refractivity contribution is 6.11. The van der Waals surface area contributed by atoms with Crippen LogP contribution in [0.5, 0.6) is 0 Å². The van der Waals surface area contributed by atoms with Crippen LogP contribution in [0, 0.1) is 0 Å². The molecule has 9 aromatic carbocycles. The van der Waals surface area contributed by atoms with Gasteiger partial charge in [0.15, 0.2) is 5.58 Å². The Hall–Kier alpha value is -6.90. The molecule has 1 aliphatic carbocycles. The number of anilines is 3. The highest BCUT2D eigenvalue weighted by atomic mass is 16.3. The Labute approximate surface area is 320 Å². The second-order valence-electron chi connectivity index (χ2n) is 15.3. The van der Waals surface area contributed by atoms with E-state index in [0.717, 1.165) is 39.0 Å². The smallest absolute Gasteiger partial charge is 0.159 e. The van der Waals surface area contributed by atoms with E-state index in [-0.39, 0.29) is 5.41 Å². The maximum absolute atomic E-state index is 6.56. The van der Waals surface area contributed by atoms with Crippen LogP contribution in [-0.4, -0.2) is 0 Å². The predicted octanol–water partition coefficient (Wildman–Crippen LogP) is 15.0. The lowest BCUT2D eigenvalue weighted by molar-refractivity contribution is 0.645. The van der Waals surface area contributed by atoms with Gasteiger partial charge in [0.25, 0.3) is 0 Å². The molecule has 0 atom stereocenters. The minimum Gasteiger partial charge on any atom is -0.454 e. The van der Waals surface area contributed by atoms with Crippen molar-refractivity contribution < 1.29 is 4.42 Å². The number of furan rings is 1. The average molecular weight is 704 g/mol. The van der Waals surface area contributed by atoms with Crippen LogP contribution in [0.15, 0.2) is 192 Å². The van der Waals surface area contributed by atoms with Gasteiger partial charge in [0.1, 0.15) is 5.58 Å². The highest BCUT2D eigenvalue weighted by Crippen LogP contribution is 2.53. The van der Waals surface area contributed by atoms with Gasteiger partial charge in [0, 0.05) is 27.6 Å². The van der Waals surface area contributed by atoms with Crippen molar-refractivity contribution in [1.82, 2.24) is 0 Å². The Morgan fingerprint density at radius 3 is 1.96 bits per heavy atom. The predicted molar refractivity (Wildman–Crippen MR) is 232 cm³/mol. The maximum atomic E-state index is 6.56.